The van der Waals surface area contributed by atoms with Crippen molar-refractivity contribution in [1.29, 1.82) is 0 Å². The van der Waals surface area contributed by atoms with E-state index in [1.807, 2.05) is 5.38 Å². The van der Waals surface area contributed by atoms with Crippen molar-refractivity contribution in [2.75, 3.05) is 26.2 Å². The predicted molar refractivity (Wildman–Crippen MR) is 106 cm³/mol. The maximum absolute atomic E-state index is 12.4. The highest BCUT2D eigenvalue weighted by Crippen LogP contribution is 2.54. The molecule has 3 aliphatic rings. The summed E-state index contributed by atoms with van der Waals surface area (Å²) in [4.78, 5) is 15.6. The molecule has 4 atom stereocenters. The van der Waals surface area contributed by atoms with E-state index in [-0.39, 0.29) is 11.5 Å². The molecule has 1 N–H and O–H groups in total. The van der Waals surface area contributed by atoms with Gasteiger partial charge < -0.3 is 10.1 Å². The zero-order valence-corrected chi connectivity index (χ0v) is 17.0. The van der Waals surface area contributed by atoms with Gasteiger partial charge in [-0.2, -0.15) is 0 Å². The van der Waals surface area contributed by atoms with Crippen molar-refractivity contribution in [3.63, 3.8) is 0 Å². The van der Waals surface area contributed by atoms with Crippen molar-refractivity contribution in [2.24, 2.45) is 11.8 Å². The molecule has 0 aliphatic carbocycles. The lowest BCUT2D eigenvalue weighted by Crippen LogP contribution is -2.41. The minimum absolute atomic E-state index is 0.0333. The van der Waals surface area contributed by atoms with Gasteiger partial charge in [0.25, 0.3) is 5.91 Å². The van der Waals surface area contributed by atoms with E-state index in [1.165, 1.54) is 23.3 Å². The summed E-state index contributed by atoms with van der Waals surface area (Å²) in [6.45, 7) is 8.23. The third kappa shape index (κ3) is 3.35. The molecule has 3 aliphatic heterocycles. The number of carbonyl (C=O) groups is 1. The number of rotatable bonds is 6. The summed E-state index contributed by atoms with van der Waals surface area (Å²) in [6, 6.07) is 1.78. The molecule has 142 valence electrons. The Labute approximate surface area is 164 Å². The van der Waals surface area contributed by atoms with Gasteiger partial charge in [-0.25, -0.2) is 0 Å². The van der Waals surface area contributed by atoms with Crippen LogP contribution in [0.3, 0.4) is 0 Å². The van der Waals surface area contributed by atoms with Crippen LogP contribution in [0.5, 0.6) is 0 Å². The van der Waals surface area contributed by atoms with E-state index in [2.05, 4.69) is 30.1 Å². The molecule has 0 unspecified atom stereocenters. The SMILES string of the molecule is CC(C)=CCCN1C[C@@H]2[C@H](CNC(=O)c3sccc3Cl)[C@H]3CC[C@]2(C1)O3. The summed E-state index contributed by atoms with van der Waals surface area (Å²) in [7, 11) is 0. The van der Waals surface area contributed by atoms with Crippen LogP contribution in [0.2, 0.25) is 5.02 Å². The van der Waals surface area contributed by atoms with Crippen LogP contribution in [-0.2, 0) is 4.74 Å². The quantitative estimate of drug-likeness (QED) is 0.742. The number of halogens is 1. The first-order valence-corrected chi connectivity index (χ1v) is 10.8. The Bertz CT molecular complexity index is 714. The molecule has 0 radical (unpaired) electrons. The van der Waals surface area contributed by atoms with Gasteiger partial charge in [0.05, 0.1) is 16.7 Å². The van der Waals surface area contributed by atoms with Crippen LogP contribution in [0, 0.1) is 11.8 Å². The Kier molecular flexibility index (Phi) is 5.17. The van der Waals surface area contributed by atoms with Crippen molar-refractivity contribution in [3.8, 4) is 0 Å². The summed E-state index contributed by atoms with van der Waals surface area (Å²) in [6.07, 6.45) is 6.01. The Morgan fingerprint density at radius 2 is 2.38 bits per heavy atom. The van der Waals surface area contributed by atoms with Gasteiger partial charge in [-0.15, -0.1) is 11.3 Å². The van der Waals surface area contributed by atoms with E-state index in [1.54, 1.807) is 6.07 Å². The van der Waals surface area contributed by atoms with Gasteiger partial charge in [0, 0.05) is 38.0 Å². The lowest BCUT2D eigenvalue weighted by molar-refractivity contribution is 0.00290. The van der Waals surface area contributed by atoms with Crippen molar-refractivity contribution < 1.29 is 9.53 Å². The molecule has 2 bridgehead atoms. The van der Waals surface area contributed by atoms with Gasteiger partial charge in [-0.1, -0.05) is 23.3 Å². The molecule has 1 spiro atoms. The molecule has 3 fully saturated rings. The summed E-state index contributed by atoms with van der Waals surface area (Å²) in [5, 5.41) is 5.51. The second-order valence-corrected chi connectivity index (χ2v) is 9.47. The molecular weight excluding hydrogens is 368 g/mol. The average molecular weight is 395 g/mol. The Hall–Kier alpha value is -0.880. The number of likely N-dealkylation sites (tertiary alicyclic amines) is 1. The van der Waals surface area contributed by atoms with Crippen LogP contribution < -0.4 is 5.32 Å². The van der Waals surface area contributed by atoms with Crippen molar-refractivity contribution in [2.45, 2.75) is 44.8 Å². The van der Waals surface area contributed by atoms with Crippen LogP contribution in [-0.4, -0.2) is 48.7 Å². The summed E-state index contributed by atoms with van der Waals surface area (Å²) >= 11 is 7.48. The number of nitrogens with zero attached hydrogens (tertiary/aromatic N) is 1. The molecule has 4 nitrogen and oxygen atoms in total. The third-order valence-electron chi connectivity index (χ3n) is 6.17. The molecule has 0 saturated carbocycles. The maximum Gasteiger partial charge on any atom is 0.262 e. The molecule has 4 heterocycles. The van der Waals surface area contributed by atoms with Gasteiger partial charge in [0.2, 0.25) is 0 Å². The van der Waals surface area contributed by atoms with Gasteiger partial charge in [0.1, 0.15) is 4.88 Å². The Balaban J connectivity index is 1.37. The van der Waals surface area contributed by atoms with Crippen molar-refractivity contribution in [3.05, 3.63) is 33.0 Å². The molecule has 4 rings (SSSR count). The molecule has 1 aromatic heterocycles. The van der Waals surface area contributed by atoms with Crippen LogP contribution >= 0.6 is 22.9 Å². The Morgan fingerprint density at radius 3 is 3.12 bits per heavy atom. The summed E-state index contributed by atoms with van der Waals surface area (Å²) < 4.78 is 6.47. The normalized spacial score (nSPS) is 32.7. The predicted octanol–water partition coefficient (Wildman–Crippen LogP) is 3.97. The first kappa shape index (κ1) is 18.5. The van der Waals surface area contributed by atoms with Gasteiger partial charge >= 0.3 is 0 Å². The van der Waals surface area contributed by atoms with E-state index in [0.29, 0.717) is 34.4 Å². The fraction of sp³-hybridized carbons (Fsp3) is 0.650. The van der Waals surface area contributed by atoms with E-state index in [0.717, 1.165) is 32.5 Å². The highest BCUT2D eigenvalue weighted by Gasteiger charge is 2.62. The molecule has 26 heavy (non-hydrogen) atoms. The lowest BCUT2D eigenvalue weighted by Gasteiger charge is -2.29. The molecule has 3 saturated heterocycles. The maximum atomic E-state index is 12.4. The fourth-order valence-electron chi connectivity index (χ4n) is 5.01. The van der Waals surface area contributed by atoms with Crippen molar-refractivity contribution in [1.82, 2.24) is 10.2 Å². The highest BCUT2D eigenvalue weighted by molar-refractivity contribution is 7.12. The zero-order chi connectivity index (χ0) is 18.3. The second-order valence-electron chi connectivity index (χ2n) is 8.14. The highest BCUT2D eigenvalue weighted by atomic mass is 35.5. The number of hydrogen-bond donors (Lipinski definition) is 1. The average Bonchev–Trinajstić information content (AvgIpc) is 3.32. The monoisotopic (exact) mass is 394 g/mol. The van der Waals surface area contributed by atoms with Gasteiger partial charge in [0.15, 0.2) is 0 Å². The van der Waals surface area contributed by atoms with Gasteiger partial charge in [-0.05, 0) is 44.6 Å². The van der Waals surface area contributed by atoms with Crippen LogP contribution in [0.4, 0.5) is 0 Å². The smallest absolute Gasteiger partial charge is 0.262 e. The molecule has 0 aromatic carbocycles. The number of carbonyl (C=O) groups excluding carboxylic acids is 1. The van der Waals surface area contributed by atoms with Crippen LogP contribution in [0.1, 0.15) is 42.8 Å². The van der Waals surface area contributed by atoms with Crippen LogP contribution in [0.25, 0.3) is 0 Å². The molecule has 1 amide bonds. The number of amides is 1. The Morgan fingerprint density at radius 1 is 1.54 bits per heavy atom. The molecule has 1 aromatic rings. The van der Waals surface area contributed by atoms with Gasteiger partial charge in [-0.3, -0.25) is 9.69 Å². The van der Waals surface area contributed by atoms with E-state index in [4.69, 9.17) is 16.3 Å². The standard InChI is InChI=1S/C20H27ClN2O2S/c1-13(2)4-3-8-23-11-15-14(17-5-7-20(15,12-23)25-17)10-22-19(24)18-16(21)6-9-26-18/h4,6,9,14-15,17H,3,5,7-8,10-12H2,1-2H3,(H,22,24)/t14-,15+,17+,20+/m0/s1. The fourth-order valence-corrected chi connectivity index (χ4v) is 6.07. The van der Waals surface area contributed by atoms with Crippen molar-refractivity contribution >= 4 is 28.8 Å². The zero-order valence-electron chi connectivity index (χ0n) is 15.5. The van der Waals surface area contributed by atoms with E-state index in [9.17, 15) is 4.79 Å². The molecule has 6 heteroatoms. The number of hydrogen-bond acceptors (Lipinski definition) is 4. The van der Waals surface area contributed by atoms with E-state index < -0.39 is 0 Å². The largest absolute Gasteiger partial charge is 0.370 e. The minimum atomic E-state index is -0.0553. The minimum Gasteiger partial charge on any atom is -0.370 e. The number of thiophene rings is 1. The summed E-state index contributed by atoms with van der Waals surface area (Å²) in [5.74, 6) is 0.896. The molecular formula is C20H27ClN2O2S. The number of nitrogens with one attached hydrogen (secondary N) is 1. The first-order valence-electron chi connectivity index (χ1n) is 9.53. The first-order chi connectivity index (χ1) is 12.5. The summed E-state index contributed by atoms with van der Waals surface area (Å²) in [5.41, 5.74) is 1.42. The number of ether oxygens (including phenoxy) is 1. The number of allylic oxidation sites excluding steroid dienone is 1. The lowest BCUT2D eigenvalue weighted by atomic mass is 9.73. The van der Waals surface area contributed by atoms with Crippen LogP contribution in [0.15, 0.2) is 23.1 Å². The van der Waals surface area contributed by atoms with E-state index >= 15 is 0 Å². The number of fused-ring (bicyclic) bond motifs is 1. The third-order valence-corrected chi connectivity index (χ3v) is 7.51. The topological polar surface area (TPSA) is 41.6 Å². The second kappa shape index (κ2) is 7.27.